The van der Waals surface area contributed by atoms with Gasteiger partial charge in [0, 0.05) is 24.3 Å². The summed E-state index contributed by atoms with van der Waals surface area (Å²) >= 11 is 0. The molecule has 1 aromatic heterocycles. The fourth-order valence-electron chi connectivity index (χ4n) is 3.33. The molecule has 0 bridgehead atoms. The van der Waals surface area contributed by atoms with E-state index in [-0.39, 0.29) is 24.1 Å². The summed E-state index contributed by atoms with van der Waals surface area (Å²) in [6, 6.07) is 15.0. The molecule has 142 valence electrons. The number of benzene rings is 2. The van der Waals surface area contributed by atoms with Crippen LogP contribution in [-0.2, 0) is 17.6 Å². The lowest BCUT2D eigenvalue weighted by molar-refractivity contribution is -0.116. The van der Waals surface area contributed by atoms with Crippen molar-refractivity contribution >= 4 is 23.2 Å². The van der Waals surface area contributed by atoms with Crippen LogP contribution in [0, 0.1) is 5.82 Å². The van der Waals surface area contributed by atoms with Gasteiger partial charge in [-0.1, -0.05) is 18.2 Å². The minimum atomic E-state index is -0.292. The summed E-state index contributed by atoms with van der Waals surface area (Å²) in [4.78, 5) is 26.5. The number of furan rings is 1. The number of carbonyl (C=O) groups is 2. The standard InChI is InChI=1S/C22H19FN2O3/c23-17-7-3-15(4-8-17)5-10-21(26)24-18-9-6-16-11-12-25(19(16)14-18)22(27)20-2-1-13-28-20/h1-4,6-9,13-14H,5,10-12H2,(H,24,26). The molecule has 1 aliphatic rings. The van der Waals surface area contributed by atoms with E-state index in [9.17, 15) is 14.0 Å². The van der Waals surface area contributed by atoms with Crippen LogP contribution in [0.2, 0.25) is 0 Å². The van der Waals surface area contributed by atoms with Gasteiger partial charge in [0.15, 0.2) is 5.76 Å². The predicted octanol–water partition coefficient (Wildman–Crippen LogP) is 4.19. The monoisotopic (exact) mass is 378 g/mol. The Morgan fingerprint density at radius 2 is 1.93 bits per heavy atom. The number of amides is 2. The van der Waals surface area contributed by atoms with E-state index in [1.807, 2.05) is 18.2 Å². The van der Waals surface area contributed by atoms with E-state index >= 15 is 0 Å². The number of nitrogens with zero attached hydrogens (tertiary/aromatic N) is 1. The molecule has 6 heteroatoms. The SMILES string of the molecule is O=C(CCc1ccc(F)cc1)Nc1ccc2c(c1)N(C(=O)c1ccco1)CC2. The molecule has 28 heavy (non-hydrogen) atoms. The van der Waals surface area contributed by atoms with Crippen molar-refractivity contribution in [3.05, 3.63) is 83.6 Å². The second-order valence-electron chi connectivity index (χ2n) is 6.70. The van der Waals surface area contributed by atoms with Gasteiger partial charge in [0.1, 0.15) is 5.82 Å². The van der Waals surface area contributed by atoms with Gasteiger partial charge in [0.05, 0.1) is 6.26 Å². The number of anilines is 2. The van der Waals surface area contributed by atoms with Crippen LogP contribution in [-0.4, -0.2) is 18.4 Å². The fourth-order valence-corrected chi connectivity index (χ4v) is 3.33. The van der Waals surface area contributed by atoms with Crippen molar-refractivity contribution in [1.82, 2.24) is 0 Å². The first-order valence-corrected chi connectivity index (χ1v) is 9.13. The quantitative estimate of drug-likeness (QED) is 0.724. The number of carbonyl (C=O) groups excluding carboxylic acids is 2. The number of hydrogen-bond donors (Lipinski definition) is 1. The van der Waals surface area contributed by atoms with Gasteiger partial charge >= 0.3 is 0 Å². The molecule has 0 aliphatic carbocycles. The highest BCUT2D eigenvalue weighted by atomic mass is 19.1. The molecule has 0 unspecified atom stereocenters. The lowest BCUT2D eigenvalue weighted by Crippen LogP contribution is -2.28. The molecule has 0 atom stereocenters. The Morgan fingerprint density at radius 3 is 2.68 bits per heavy atom. The first-order chi connectivity index (χ1) is 13.6. The second-order valence-corrected chi connectivity index (χ2v) is 6.70. The van der Waals surface area contributed by atoms with E-state index < -0.39 is 0 Å². The highest BCUT2D eigenvalue weighted by Gasteiger charge is 2.27. The summed E-state index contributed by atoms with van der Waals surface area (Å²) < 4.78 is 18.2. The minimum absolute atomic E-state index is 0.133. The third-order valence-electron chi connectivity index (χ3n) is 4.80. The van der Waals surface area contributed by atoms with Gasteiger partial charge in [-0.15, -0.1) is 0 Å². The summed E-state index contributed by atoms with van der Waals surface area (Å²) in [6.45, 7) is 0.580. The van der Waals surface area contributed by atoms with Gasteiger partial charge in [0.25, 0.3) is 5.91 Å². The second kappa shape index (κ2) is 7.68. The summed E-state index contributed by atoms with van der Waals surface area (Å²) in [5, 5.41) is 2.87. The maximum Gasteiger partial charge on any atom is 0.293 e. The van der Waals surface area contributed by atoms with Gasteiger partial charge in [-0.2, -0.15) is 0 Å². The van der Waals surface area contributed by atoms with Crippen LogP contribution in [0.1, 0.15) is 28.1 Å². The number of fused-ring (bicyclic) bond motifs is 1. The fraction of sp³-hybridized carbons (Fsp3) is 0.182. The molecule has 3 aromatic rings. The molecule has 1 aliphatic heterocycles. The molecule has 2 amide bonds. The summed E-state index contributed by atoms with van der Waals surface area (Å²) in [6.07, 6.45) is 3.06. The van der Waals surface area contributed by atoms with E-state index in [0.29, 0.717) is 24.4 Å². The Balaban J connectivity index is 1.42. The van der Waals surface area contributed by atoms with Crippen molar-refractivity contribution in [2.45, 2.75) is 19.3 Å². The van der Waals surface area contributed by atoms with Gasteiger partial charge < -0.3 is 14.6 Å². The number of aryl methyl sites for hydroxylation is 1. The summed E-state index contributed by atoms with van der Waals surface area (Å²) in [7, 11) is 0. The Labute approximate surface area is 161 Å². The normalized spacial score (nSPS) is 12.7. The van der Waals surface area contributed by atoms with Crippen molar-refractivity contribution in [3.8, 4) is 0 Å². The Hall–Kier alpha value is -3.41. The van der Waals surface area contributed by atoms with E-state index in [1.165, 1.54) is 18.4 Å². The van der Waals surface area contributed by atoms with Gasteiger partial charge in [-0.3, -0.25) is 9.59 Å². The molecule has 1 N–H and O–H groups in total. The lowest BCUT2D eigenvalue weighted by Gasteiger charge is -2.17. The maximum absolute atomic E-state index is 12.9. The number of halogens is 1. The van der Waals surface area contributed by atoms with Gasteiger partial charge in [0.2, 0.25) is 5.91 Å². The Morgan fingerprint density at radius 1 is 1.11 bits per heavy atom. The third-order valence-corrected chi connectivity index (χ3v) is 4.80. The van der Waals surface area contributed by atoms with Crippen LogP contribution in [0.25, 0.3) is 0 Å². The van der Waals surface area contributed by atoms with Crippen LogP contribution in [0.3, 0.4) is 0 Å². The molecular formula is C22H19FN2O3. The highest BCUT2D eigenvalue weighted by Crippen LogP contribution is 2.32. The molecule has 0 saturated heterocycles. The van der Waals surface area contributed by atoms with Crippen LogP contribution in [0.5, 0.6) is 0 Å². The molecule has 2 heterocycles. The molecule has 5 nitrogen and oxygen atoms in total. The van der Waals surface area contributed by atoms with Gasteiger partial charge in [-0.05, 0) is 60.4 Å². The number of nitrogens with one attached hydrogen (secondary N) is 1. The summed E-state index contributed by atoms with van der Waals surface area (Å²) in [5.41, 5.74) is 3.39. The largest absolute Gasteiger partial charge is 0.459 e. The minimum Gasteiger partial charge on any atom is -0.459 e. The average Bonchev–Trinajstić information content (AvgIpc) is 3.37. The first-order valence-electron chi connectivity index (χ1n) is 9.13. The van der Waals surface area contributed by atoms with Crippen molar-refractivity contribution in [2.24, 2.45) is 0 Å². The first kappa shape index (κ1) is 18.0. The third kappa shape index (κ3) is 3.81. The zero-order valence-corrected chi connectivity index (χ0v) is 15.2. The van der Waals surface area contributed by atoms with Crippen LogP contribution < -0.4 is 10.2 Å². The molecule has 0 spiro atoms. The Bertz CT molecular complexity index is 997. The lowest BCUT2D eigenvalue weighted by atomic mass is 10.1. The van der Waals surface area contributed by atoms with Crippen LogP contribution in [0.15, 0.2) is 65.3 Å². The van der Waals surface area contributed by atoms with E-state index in [1.54, 1.807) is 29.2 Å². The van der Waals surface area contributed by atoms with E-state index in [4.69, 9.17) is 4.42 Å². The van der Waals surface area contributed by atoms with E-state index in [2.05, 4.69) is 5.32 Å². The van der Waals surface area contributed by atoms with E-state index in [0.717, 1.165) is 23.2 Å². The van der Waals surface area contributed by atoms with Crippen LogP contribution >= 0.6 is 0 Å². The number of hydrogen-bond acceptors (Lipinski definition) is 3. The highest BCUT2D eigenvalue weighted by molar-refractivity contribution is 6.06. The van der Waals surface area contributed by atoms with Crippen molar-refractivity contribution in [2.75, 3.05) is 16.8 Å². The summed E-state index contributed by atoms with van der Waals surface area (Å²) in [5.74, 6) is -0.323. The molecule has 4 rings (SSSR count). The van der Waals surface area contributed by atoms with Crippen molar-refractivity contribution < 1.29 is 18.4 Å². The van der Waals surface area contributed by atoms with Gasteiger partial charge in [-0.25, -0.2) is 4.39 Å². The molecular weight excluding hydrogens is 359 g/mol. The molecule has 0 saturated carbocycles. The van der Waals surface area contributed by atoms with Crippen molar-refractivity contribution in [3.63, 3.8) is 0 Å². The number of rotatable bonds is 5. The zero-order valence-electron chi connectivity index (χ0n) is 15.2. The Kier molecular flexibility index (Phi) is 4.93. The predicted molar refractivity (Wildman–Crippen MR) is 104 cm³/mol. The van der Waals surface area contributed by atoms with Crippen LogP contribution in [0.4, 0.5) is 15.8 Å². The smallest absolute Gasteiger partial charge is 0.293 e. The average molecular weight is 378 g/mol. The maximum atomic E-state index is 12.9. The van der Waals surface area contributed by atoms with Crippen molar-refractivity contribution in [1.29, 1.82) is 0 Å². The molecule has 0 fully saturated rings. The molecule has 0 radical (unpaired) electrons. The molecule has 2 aromatic carbocycles. The zero-order chi connectivity index (χ0) is 19.5. The topological polar surface area (TPSA) is 62.6 Å².